The number of benzene rings is 2. The van der Waals surface area contributed by atoms with Gasteiger partial charge >= 0.3 is 5.97 Å². The highest BCUT2D eigenvalue weighted by molar-refractivity contribution is 5.88. The minimum atomic E-state index is -1.31. The summed E-state index contributed by atoms with van der Waals surface area (Å²) >= 11 is 0. The maximum absolute atomic E-state index is 12.8. The first-order chi connectivity index (χ1) is 19.5. The second-order valence-corrected chi connectivity index (χ2v) is 10.2. The van der Waals surface area contributed by atoms with Crippen molar-refractivity contribution in [3.05, 3.63) is 70.0 Å². The molecule has 6 rings (SSSR count). The highest BCUT2D eigenvalue weighted by Crippen LogP contribution is 2.33. The number of fused-ring (bicyclic) bond motifs is 1. The van der Waals surface area contributed by atoms with E-state index in [4.69, 9.17) is 9.15 Å². The number of ether oxygens (including phenoxy) is 1. The number of carbonyl (C=O) groups is 1. The molecule has 2 aromatic carbocycles. The topological polar surface area (TPSA) is 125 Å². The van der Waals surface area contributed by atoms with E-state index < -0.39 is 11.4 Å². The monoisotopic (exact) mass is 539 g/mol. The smallest absolute Gasteiger partial charge is 0.341 e. The van der Waals surface area contributed by atoms with Crippen LogP contribution in [0.15, 0.2) is 57.9 Å². The van der Waals surface area contributed by atoms with Crippen molar-refractivity contribution in [1.82, 2.24) is 9.55 Å². The Morgan fingerprint density at radius 1 is 1.15 bits per heavy atom. The first kappa shape index (κ1) is 25.6. The molecule has 2 fully saturated rings. The van der Waals surface area contributed by atoms with E-state index in [1.165, 1.54) is 12.3 Å². The number of aromatic nitrogens is 2. The van der Waals surface area contributed by atoms with Crippen molar-refractivity contribution in [2.75, 3.05) is 43.2 Å². The summed E-state index contributed by atoms with van der Waals surface area (Å²) < 4.78 is 13.2. The lowest BCUT2D eigenvalue weighted by Crippen LogP contribution is -2.32. The zero-order valence-corrected chi connectivity index (χ0v) is 22.2. The van der Waals surface area contributed by atoms with E-state index in [0.29, 0.717) is 46.2 Å². The van der Waals surface area contributed by atoms with E-state index in [-0.39, 0.29) is 11.6 Å². The molecule has 4 aromatic rings. The van der Waals surface area contributed by atoms with Crippen LogP contribution >= 0.6 is 0 Å². The Morgan fingerprint density at radius 2 is 1.98 bits per heavy atom. The number of methoxy groups -OCH3 is 1. The number of pyridine rings is 1. The van der Waals surface area contributed by atoms with Crippen LogP contribution in [0.4, 0.5) is 11.7 Å². The summed E-state index contributed by atoms with van der Waals surface area (Å²) in [7, 11) is 1.68. The molecule has 0 saturated carbocycles. The maximum atomic E-state index is 12.8. The Kier molecular flexibility index (Phi) is 6.74. The highest BCUT2D eigenvalue weighted by atomic mass is 16.5. The van der Waals surface area contributed by atoms with Crippen LogP contribution in [0.1, 0.15) is 41.6 Å². The molecule has 0 amide bonds. The average Bonchev–Trinajstić information content (AvgIpc) is 3.73. The van der Waals surface area contributed by atoms with Crippen LogP contribution in [0.2, 0.25) is 0 Å². The molecule has 0 spiro atoms. The van der Waals surface area contributed by atoms with Crippen molar-refractivity contribution in [2.24, 2.45) is 0 Å². The van der Waals surface area contributed by atoms with Gasteiger partial charge in [-0.2, -0.15) is 10.2 Å². The van der Waals surface area contributed by atoms with Gasteiger partial charge in [0.1, 0.15) is 17.1 Å². The lowest BCUT2D eigenvalue weighted by atomic mass is 10.0. The molecule has 1 N–H and O–H groups in total. The molecule has 204 valence electrons. The number of anilines is 2. The molecule has 2 aliphatic heterocycles. The second kappa shape index (κ2) is 10.5. The van der Waals surface area contributed by atoms with Gasteiger partial charge in [0, 0.05) is 56.3 Å². The largest absolute Gasteiger partial charge is 0.477 e. The highest BCUT2D eigenvalue weighted by Gasteiger charge is 2.28. The first-order valence-electron chi connectivity index (χ1n) is 13.4. The predicted octanol–water partition coefficient (Wildman–Crippen LogP) is 4.43. The van der Waals surface area contributed by atoms with Crippen molar-refractivity contribution in [1.29, 1.82) is 5.26 Å². The van der Waals surface area contributed by atoms with Gasteiger partial charge in [0.05, 0.1) is 29.6 Å². The van der Waals surface area contributed by atoms with Gasteiger partial charge in [-0.15, -0.1) is 0 Å². The number of hydrogen-bond acceptors (Lipinski definition) is 8. The van der Waals surface area contributed by atoms with Crippen LogP contribution in [0.3, 0.4) is 0 Å². The Bertz CT molecular complexity index is 1700. The molecule has 2 aromatic heterocycles. The summed E-state index contributed by atoms with van der Waals surface area (Å²) in [6.45, 7) is 3.21. The third-order valence-corrected chi connectivity index (χ3v) is 7.76. The van der Waals surface area contributed by atoms with Gasteiger partial charge in [-0.05, 0) is 49.9 Å². The van der Waals surface area contributed by atoms with E-state index in [2.05, 4.69) is 20.9 Å². The van der Waals surface area contributed by atoms with Gasteiger partial charge in [-0.1, -0.05) is 6.07 Å². The third-order valence-electron chi connectivity index (χ3n) is 7.76. The summed E-state index contributed by atoms with van der Waals surface area (Å²) in [4.78, 5) is 33.7. The van der Waals surface area contributed by atoms with Crippen LogP contribution < -0.4 is 15.2 Å². The Balaban J connectivity index is 1.45. The fraction of sp³-hybridized carbons (Fsp3) is 0.333. The Hall–Kier alpha value is -4.62. The second-order valence-electron chi connectivity index (χ2n) is 10.2. The van der Waals surface area contributed by atoms with Crippen LogP contribution in [0, 0.1) is 11.3 Å². The number of nitrogens with zero attached hydrogens (tertiary/aromatic N) is 5. The average molecular weight is 540 g/mol. The first-order valence-corrected chi connectivity index (χ1v) is 13.4. The molecule has 2 aliphatic rings. The SMILES string of the molecule is COC[C@H]1CCCN1c1nc2ccc(-n3cc(C(=O)O)c(=O)cc3-c3ccc(N4CCCC4)c(C#N)c3)cc2o1. The number of hydrogen-bond donors (Lipinski definition) is 1. The van der Waals surface area contributed by atoms with Crippen molar-refractivity contribution in [3.8, 4) is 23.0 Å². The number of rotatable bonds is 7. The van der Waals surface area contributed by atoms with Crippen LogP contribution in [-0.2, 0) is 4.74 Å². The van der Waals surface area contributed by atoms with Crippen molar-refractivity contribution in [2.45, 2.75) is 31.7 Å². The molecule has 1 atom stereocenters. The zero-order chi connectivity index (χ0) is 27.8. The van der Waals surface area contributed by atoms with E-state index in [0.717, 1.165) is 51.0 Å². The molecule has 0 aliphatic carbocycles. The fourth-order valence-corrected chi connectivity index (χ4v) is 5.78. The lowest BCUT2D eigenvalue weighted by Gasteiger charge is -2.21. The van der Waals surface area contributed by atoms with Crippen LogP contribution in [0.5, 0.6) is 0 Å². The molecule has 4 heterocycles. The number of carboxylic acids is 1. The normalized spacial score (nSPS) is 17.1. The van der Waals surface area contributed by atoms with Crippen molar-refractivity contribution < 1.29 is 19.1 Å². The van der Waals surface area contributed by atoms with Gasteiger partial charge < -0.3 is 28.6 Å². The summed E-state index contributed by atoms with van der Waals surface area (Å²) in [5.74, 6) is -1.31. The molecule has 10 nitrogen and oxygen atoms in total. The molecule has 10 heteroatoms. The van der Waals surface area contributed by atoms with Crippen molar-refractivity contribution >= 4 is 28.8 Å². The standard InChI is InChI=1S/C30H29N5O5/c1-39-18-22-5-4-12-34(22)30-32-24-8-7-21(14-28(24)40-30)35-17-23(29(37)38)27(36)15-26(35)19-6-9-25(20(13-19)16-31)33-10-2-3-11-33/h6-9,13-15,17,22H,2-5,10-12,18H2,1H3,(H,37,38)/t22-/m1/s1. The van der Waals surface area contributed by atoms with E-state index >= 15 is 0 Å². The zero-order valence-electron chi connectivity index (χ0n) is 22.2. The summed E-state index contributed by atoms with van der Waals surface area (Å²) in [6, 6.07) is 15.3. The number of oxazole rings is 1. The number of carboxylic acid groups (broad SMARTS) is 1. The third kappa shape index (κ3) is 4.58. The van der Waals surface area contributed by atoms with Gasteiger partial charge in [-0.25, -0.2) is 4.79 Å². The van der Waals surface area contributed by atoms with E-state index in [9.17, 15) is 20.0 Å². The lowest BCUT2D eigenvalue weighted by molar-refractivity contribution is 0.0695. The Morgan fingerprint density at radius 3 is 2.73 bits per heavy atom. The molecule has 0 radical (unpaired) electrons. The van der Waals surface area contributed by atoms with E-state index in [1.807, 2.05) is 24.3 Å². The van der Waals surface area contributed by atoms with Gasteiger partial charge in [0.15, 0.2) is 11.0 Å². The van der Waals surface area contributed by atoms with Crippen LogP contribution in [0.25, 0.3) is 28.0 Å². The quantitative estimate of drug-likeness (QED) is 0.363. The maximum Gasteiger partial charge on any atom is 0.341 e. The molecular formula is C30H29N5O5. The van der Waals surface area contributed by atoms with E-state index in [1.54, 1.807) is 23.8 Å². The summed E-state index contributed by atoms with van der Waals surface area (Å²) in [6.07, 6.45) is 5.52. The van der Waals surface area contributed by atoms with Gasteiger partial charge in [0.25, 0.3) is 6.01 Å². The van der Waals surface area contributed by atoms with Crippen LogP contribution in [-0.4, -0.2) is 60.0 Å². The minimum absolute atomic E-state index is 0.194. The van der Waals surface area contributed by atoms with Crippen molar-refractivity contribution in [3.63, 3.8) is 0 Å². The molecule has 0 bridgehead atoms. The predicted molar refractivity (Wildman–Crippen MR) is 150 cm³/mol. The Labute approximate surface area is 230 Å². The molecule has 2 saturated heterocycles. The molecule has 40 heavy (non-hydrogen) atoms. The molecule has 0 unspecified atom stereocenters. The number of nitriles is 1. The number of aromatic carboxylic acids is 1. The summed E-state index contributed by atoms with van der Waals surface area (Å²) in [5, 5.41) is 19.6. The van der Waals surface area contributed by atoms with Gasteiger partial charge in [-0.3, -0.25) is 4.79 Å². The molecular weight excluding hydrogens is 510 g/mol. The van der Waals surface area contributed by atoms with Gasteiger partial charge in [0.2, 0.25) is 0 Å². The summed E-state index contributed by atoms with van der Waals surface area (Å²) in [5.41, 5.74) is 3.33. The fourth-order valence-electron chi connectivity index (χ4n) is 5.78. The minimum Gasteiger partial charge on any atom is -0.477 e.